The Hall–Kier alpha value is -2.21. The highest BCUT2D eigenvalue weighted by Crippen LogP contribution is 2.25. The molecule has 2 amide bonds. The Bertz CT molecular complexity index is 625. The molecule has 1 aromatic carbocycles. The lowest BCUT2D eigenvalue weighted by Crippen LogP contribution is -2.43. The van der Waals surface area contributed by atoms with Crippen LogP contribution in [0.4, 0.5) is 5.69 Å². The van der Waals surface area contributed by atoms with Gasteiger partial charge >= 0.3 is 0 Å². The molecule has 118 valence electrons. The first-order chi connectivity index (χ1) is 10.4. The first-order valence-electron chi connectivity index (χ1n) is 7.31. The fourth-order valence-electron chi connectivity index (χ4n) is 2.21. The normalized spacial score (nSPS) is 16.3. The van der Waals surface area contributed by atoms with Crippen LogP contribution in [0.15, 0.2) is 23.3 Å². The van der Waals surface area contributed by atoms with E-state index in [1.54, 1.807) is 6.92 Å². The average molecular weight is 303 g/mol. The van der Waals surface area contributed by atoms with Gasteiger partial charge in [0, 0.05) is 18.9 Å². The van der Waals surface area contributed by atoms with Gasteiger partial charge in [-0.1, -0.05) is 12.1 Å². The number of hydrazone groups is 1. The highest BCUT2D eigenvalue weighted by atomic mass is 16.3. The summed E-state index contributed by atoms with van der Waals surface area (Å²) >= 11 is 0. The van der Waals surface area contributed by atoms with Gasteiger partial charge in [-0.25, -0.2) is 5.01 Å². The second kappa shape index (κ2) is 6.70. The Morgan fingerprint density at radius 2 is 2.14 bits per heavy atom. The number of amides is 2. The molecule has 0 saturated carbocycles. The molecule has 1 unspecified atom stereocenters. The summed E-state index contributed by atoms with van der Waals surface area (Å²) in [6.45, 7) is 5.41. The van der Waals surface area contributed by atoms with Crippen molar-refractivity contribution in [2.75, 3.05) is 11.6 Å². The number of carbonyl (C=O) groups excluding carboxylic acids is 2. The Morgan fingerprint density at radius 1 is 1.41 bits per heavy atom. The molecular formula is C16H21N3O3. The van der Waals surface area contributed by atoms with Crippen LogP contribution in [0.2, 0.25) is 0 Å². The molecule has 1 aromatic rings. The minimum atomic E-state index is -0.345. The van der Waals surface area contributed by atoms with Crippen LogP contribution in [0.25, 0.3) is 0 Å². The lowest BCUT2D eigenvalue weighted by molar-refractivity contribution is -0.119. The van der Waals surface area contributed by atoms with Gasteiger partial charge in [0.2, 0.25) is 5.91 Å². The van der Waals surface area contributed by atoms with Crippen LogP contribution < -0.4 is 10.3 Å². The first kappa shape index (κ1) is 16.2. The minimum absolute atomic E-state index is 0.125. The first-order valence-corrected chi connectivity index (χ1v) is 7.31. The fraction of sp³-hybridized carbons (Fsp3) is 0.438. The van der Waals surface area contributed by atoms with Crippen LogP contribution in [0.3, 0.4) is 0 Å². The van der Waals surface area contributed by atoms with Crippen LogP contribution in [0.5, 0.6) is 0 Å². The number of benzene rings is 1. The lowest BCUT2D eigenvalue weighted by Gasteiger charge is -2.25. The number of aryl methyl sites for hydroxylation is 2. The van der Waals surface area contributed by atoms with Crippen molar-refractivity contribution in [1.82, 2.24) is 5.32 Å². The summed E-state index contributed by atoms with van der Waals surface area (Å²) in [4.78, 5) is 24.3. The molecular weight excluding hydrogens is 282 g/mol. The number of aliphatic hydroxyl groups is 1. The Balaban J connectivity index is 2.30. The van der Waals surface area contributed by atoms with E-state index in [1.165, 1.54) is 5.01 Å². The molecule has 0 fully saturated rings. The van der Waals surface area contributed by atoms with Crippen molar-refractivity contribution >= 4 is 23.2 Å². The van der Waals surface area contributed by atoms with Gasteiger partial charge in [0.15, 0.2) is 0 Å². The SMILES string of the molecule is Cc1ccc(C)c(N2N=C(C(=O)NC(C)CO)CCC2=O)c1. The summed E-state index contributed by atoms with van der Waals surface area (Å²) in [5, 5.41) is 17.2. The van der Waals surface area contributed by atoms with Crippen LogP contribution in [0, 0.1) is 13.8 Å². The molecule has 1 heterocycles. The molecule has 0 spiro atoms. The van der Waals surface area contributed by atoms with E-state index in [1.807, 2.05) is 32.0 Å². The van der Waals surface area contributed by atoms with E-state index < -0.39 is 0 Å². The van der Waals surface area contributed by atoms with E-state index in [0.29, 0.717) is 17.8 Å². The lowest BCUT2D eigenvalue weighted by atomic mass is 10.1. The third-order valence-electron chi connectivity index (χ3n) is 3.54. The van der Waals surface area contributed by atoms with Gasteiger partial charge in [-0.05, 0) is 38.0 Å². The van der Waals surface area contributed by atoms with Crippen molar-refractivity contribution in [2.45, 2.75) is 39.7 Å². The number of nitrogens with zero attached hydrogens (tertiary/aromatic N) is 2. The quantitative estimate of drug-likeness (QED) is 0.879. The summed E-state index contributed by atoms with van der Waals surface area (Å²) < 4.78 is 0. The summed E-state index contributed by atoms with van der Waals surface area (Å²) in [7, 11) is 0. The van der Waals surface area contributed by atoms with Crippen LogP contribution >= 0.6 is 0 Å². The Labute approximate surface area is 129 Å². The third-order valence-corrected chi connectivity index (χ3v) is 3.54. The molecule has 2 N–H and O–H groups in total. The van der Waals surface area contributed by atoms with Crippen molar-refractivity contribution in [3.05, 3.63) is 29.3 Å². The van der Waals surface area contributed by atoms with Crippen LogP contribution in [0.1, 0.15) is 30.9 Å². The summed E-state index contributed by atoms with van der Waals surface area (Å²) in [6.07, 6.45) is 0.553. The predicted molar refractivity (Wildman–Crippen MR) is 84.8 cm³/mol. The highest BCUT2D eigenvalue weighted by Gasteiger charge is 2.26. The van der Waals surface area contributed by atoms with Gasteiger partial charge in [0.1, 0.15) is 5.71 Å². The molecule has 0 radical (unpaired) electrons. The predicted octanol–water partition coefficient (Wildman–Crippen LogP) is 1.28. The zero-order valence-corrected chi connectivity index (χ0v) is 13.1. The van der Waals surface area contributed by atoms with Crippen LogP contribution in [-0.2, 0) is 9.59 Å². The van der Waals surface area contributed by atoms with E-state index in [9.17, 15) is 9.59 Å². The summed E-state index contributed by atoms with van der Waals surface area (Å²) in [6, 6.07) is 5.43. The van der Waals surface area contributed by atoms with E-state index in [4.69, 9.17) is 5.11 Å². The molecule has 1 atom stereocenters. The van der Waals surface area contributed by atoms with E-state index >= 15 is 0 Å². The monoisotopic (exact) mass is 303 g/mol. The maximum absolute atomic E-state index is 12.2. The van der Waals surface area contributed by atoms with Crippen molar-refractivity contribution in [3.8, 4) is 0 Å². The van der Waals surface area contributed by atoms with Crippen molar-refractivity contribution in [2.24, 2.45) is 5.10 Å². The third kappa shape index (κ3) is 3.51. The largest absolute Gasteiger partial charge is 0.394 e. The number of nitrogens with one attached hydrogen (secondary N) is 1. The number of anilines is 1. The second-order valence-corrected chi connectivity index (χ2v) is 5.60. The van der Waals surface area contributed by atoms with Crippen molar-refractivity contribution < 1.29 is 14.7 Å². The van der Waals surface area contributed by atoms with Gasteiger partial charge < -0.3 is 10.4 Å². The Kier molecular flexibility index (Phi) is 4.92. The van der Waals surface area contributed by atoms with Gasteiger partial charge in [-0.15, -0.1) is 0 Å². The number of aliphatic hydroxyl groups excluding tert-OH is 1. The standard InChI is InChI=1S/C16H21N3O3/c1-10-4-5-11(2)14(8-10)19-15(21)7-6-13(18-19)16(22)17-12(3)9-20/h4-5,8,12,20H,6-7,9H2,1-3H3,(H,17,22). The number of carbonyl (C=O) groups is 2. The van der Waals surface area contributed by atoms with Crippen LogP contribution in [-0.4, -0.2) is 35.3 Å². The molecule has 0 saturated heterocycles. The van der Waals surface area contributed by atoms with Gasteiger partial charge in [0.25, 0.3) is 5.91 Å². The summed E-state index contributed by atoms with van der Waals surface area (Å²) in [5.74, 6) is -0.468. The van der Waals surface area contributed by atoms with Gasteiger partial charge in [-0.2, -0.15) is 5.10 Å². The molecule has 6 nitrogen and oxygen atoms in total. The van der Waals surface area contributed by atoms with Gasteiger partial charge in [-0.3, -0.25) is 9.59 Å². The minimum Gasteiger partial charge on any atom is -0.394 e. The molecule has 0 aliphatic carbocycles. The van der Waals surface area contributed by atoms with Gasteiger partial charge in [0.05, 0.1) is 12.3 Å². The molecule has 0 aromatic heterocycles. The second-order valence-electron chi connectivity index (χ2n) is 5.60. The number of rotatable bonds is 4. The van der Waals surface area contributed by atoms with Crippen molar-refractivity contribution in [3.63, 3.8) is 0 Å². The fourth-order valence-corrected chi connectivity index (χ4v) is 2.21. The van der Waals surface area contributed by atoms with E-state index in [2.05, 4.69) is 10.4 Å². The molecule has 2 rings (SSSR count). The molecule has 1 aliphatic rings. The molecule has 22 heavy (non-hydrogen) atoms. The van der Waals surface area contributed by atoms with E-state index in [0.717, 1.165) is 11.1 Å². The maximum Gasteiger partial charge on any atom is 0.267 e. The van der Waals surface area contributed by atoms with Crippen molar-refractivity contribution in [1.29, 1.82) is 0 Å². The topological polar surface area (TPSA) is 82.0 Å². The van der Waals surface area contributed by atoms with E-state index in [-0.39, 0.29) is 30.9 Å². The molecule has 6 heteroatoms. The molecule has 1 aliphatic heterocycles. The maximum atomic E-state index is 12.2. The zero-order valence-electron chi connectivity index (χ0n) is 13.1. The smallest absolute Gasteiger partial charge is 0.267 e. The Morgan fingerprint density at radius 3 is 2.82 bits per heavy atom. The number of hydrogen-bond donors (Lipinski definition) is 2. The highest BCUT2D eigenvalue weighted by molar-refractivity contribution is 6.40. The number of hydrogen-bond acceptors (Lipinski definition) is 4. The average Bonchev–Trinajstić information content (AvgIpc) is 2.50. The molecule has 0 bridgehead atoms. The summed E-state index contributed by atoms with van der Waals surface area (Å²) in [5.41, 5.74) is 2.95. The zero-order chi connectivity index (χ0) is 16.3.